The second-order valence-electron chi connectivity index (χ2n) is 6.45. The Labute approximate surface area is 156 Å². The largest absolute Gasteiger partial charge is 0.396 e. The smallest absolute Gasteiger partial charge is 0.0459 e. The monoisotopic (exact) mass is 344 g/mol. The molecular formula is C24H40O. The minimum atomic E-state index is 0.345. The Hall–Kier alpha value is -1.34. The van der Waals surface area contributed by atoms with Crippen LogP contribution in [-0.2, 0) is 0 Å². The van der Waals surface area contributed by atoms with Crippen LogP contribution >= 0.6 is 0 Å². The third-order valence-electron chi connectivity index (χ3n) is 4.23. The molecule has 0 rings (SSSR count). The van der Waals surface area contributed by atoms with Crippen LogP contribution in [0.1, 0.15) is 78.1 Å². The molecule has 0 aromatic heterocycles. The van der Waals surface area contributed by atoms with E-state index in [4.69, 9.17) is 5.11 Å². The highest BCUT2D eigenvalue weighted by Gasteiger charge is 2.02. The van der Waals surface area contributed by atoms with Crippen molar-refractivity contribution in [1.82, 2.24) is 0 Å². The molecule has 142 valence electrons. The molecule has 1 unspecified atom stereocenters. The molecule has 25 heavy (non-hydrogen) atoms. The van der Waals surface area contributed by atoms with Crippen molar-refractivity contribution in [3.05, 3.63) is 60.8 Å². The van der Waals surface area contributed by atoms with E-state index in [9.17, 15) is 0 Å². The van der Waals surface area contributed by atoms with Crippen molar-refractivity contribution in [1.29, 1.82) is 0 Å². The summed E-state index contributed by atoms with van der Waals surface area (Å²) in [5.41, 5.74) is 0. The number of hydrogen-bond acceptors (Lipinski definition) is 1. The zero-order chi connectivity index (χ0) is 18.4. The fourth-order valence-electron chi connectivity index (χ4n) is 2.49. The first-order valence-electron chi connectivity index (χ1n) is 10.2. The highest BCUT2D eigenvalue weighted by molar-refractivity contribution is 5.00. The molecule has 0 heterocycles. The first-order chi connectivity index (χ1) is 12.3. The van der Waals surface area contributed by atoms with E-state index < -0.39 is 0 Å². The van der Waals surface area contributed by atoms with Gasteiger partial charge in [-0.15, -0.1) is 0 Å². The van der Waals surface area contributed by atoms with Gasteiger partial charge in [0.25, 0.3) is 0 Å². The summed E-state index contributed by atoms with van der Waals surface area (Å²) in [4.78, 5) is 0. The second-order valence-corrected chi connectivity index (χ2v) is 6.45. The van der Waals surface area contributed by atoms with E-state index >= 15 is 0 Å². The van der Waals surface area contributed by atoms with E-state index in [1.165, 1.54) is 12.8 Å². The molecule has 0 aromatic rings. The fraction of sp³-hybridized carbons (Fsp3) is 0.583. The van der Waals surface area contributed by atoms with Crippen molar-refractivity contribution in [2.45, 2.75) is 78.1 Å². The number of rotatable bonds is 16. The van der Waals surface area contributed by atoms with Crippen LogP contribution < -0.4 is 0 Å². The average Bonchev–Trinajstić information content (AvgIpc) is 2.64. The van der Waals surface area contributed by atoms with Crippen LogP contribution in [-0.4, -0.2) is 11.7 Å². The summed E-state index contributed by atoms with van der Waals surface area (Å²) in [7, 11) is 0. The highest BCUT2D eigenvalue weighted by Crippen LogP contribution is 2.12. The first kappa shape index (κ1) is 23.7. The summed E-state index contributed by atoms with van der Waals surface area (Å²) in [5.74, 6) is 0.508. The summed E-state index contributed by atoms with van der Waals surface area (Å²) >= 11 is 0. The van der Waals surface area contributed by atoms with Crippen molar-refractivity contribution in [3.63, 3.8) is 0 Å². The minimum Gasteiger partial charge on any atom is -0.396 e. The summed E-state index contributed by atoms with van der Waals surface area (Å²) in [6.07, 6.45) is 33.5. The van der Waals surface area contributed by atoms with Gasteiger partial charge in [-0.05, 0) is 57.3 Å². The Morgan fingerprint density at radius 3 is 1.56 bits per heavy atom. The second kappa shape index (κ2) is 20.7. The Morgan fingerprint density at radius 2 is 1.12 bits per heavy atom. The predicted molar refractivity (Wildman–Crippen MR) is 114 cm³/mol. The molecule has 1 nitrogen and oxygen atoms in total. The number of aliphatic hydroxyl groups excluding tert-OH is 1. The molecule has 0 aromatic carbocycles. The average molecular weight is 345 g/mol. The summed E-state index contributed by atoms with van der Waals surface area (Å²) in [6, 6.07) is 0. The van der Waals surface area contributed by atoms with Crippen LogP contribution in [0.15, 0.2) is 60.8 Å². The number of hydrogen-bond donors (Lipinski definition) is 1. The van der Waals surface area contributed by atoms with Crippen molar-refractivity contribution >= 4 is 0 Å². The highest BCUT2D eigenvalue weighted by atomic mass is 16.3. The van der Waals surface area contributed by atoms with Gasteiger partial charge in [0.05, 0.1) is 0 Å². The third-order valence-corrected chi connectivity index (χ3v) is 4.23. The molecule has 0 bridgehead atoms. The maximum atomic E-state index is 9.14. The molecular weight excluding hydrogens is 304 g/mol. The maximum Gasteiger partial charge on any atom is 0.0459 e. The molecule has 1 heteroatoms. The summed E-state index contributed by atoms with van der Waals surface area (Å²) < 4.78 is 0. The molecule has 0 saturated heterocycles. The Morgan fingerprint density at radius 1 is 0.640 bits per heavy atom. The number of aliphatic hydroxyl groups is 1. The standard InChI is InChI=1S/C24H40O/c1-3-5-6-7-8-9-10-11-12-13-14-15-16-17-18-19-20-21-22-24(4-2)23-25/h5-6,8-9,11-12,14-15,17-18,24-25H,3-4,7,10,13,16,19-23H2,1-2H3/b6-5-,9-8-,12-11-,15-14-,18-17-. The van der Waals surface area contributed by atoms with Crippen LogP contribution in [0, 0.1) is 5.92 Å². The molecule has 0 amide bonds. The van der Waals surface area contributed by atoms with Crippen molar-refractivity contribution < 1.29 is 5.11 Å². The molecule has 0 aliphatic carbocycles. The van der Waals surface area contributed by atoms with Crippen LogP contribution in [0.4, 0.5) is 0 Å². The van der Waals surface area contributed by atoms with Crippen molar-refractivity contribution in [3.8, 4) is 0 Å². The van der Waals surface area contributed by atoms with Gasteiger partial charge < -0.3 is 5.11 Å². The van der Waals surface area contributed by atoms with Gasteiger partial charge in [0.15, 0.2) is 0 Å². The van der Waals surface area contributed by atoms with Gasteiger partial charge in [-0.25, -0.2) is 0 Å². The summed E-state index contributed by atoms with van der Waals surface area (Å²) in [5, 5.41) is 9.14. The molecule has 0 spiro atoms. The lowest BCUT2D eigenvalue weighted by Gasteiger charge is -2.09. The zero-order valence-electron chi connectivity index (χ0n) is 16.6. The minimum absolute atomic E-state index is 0.345. The van der Waals surface area contributed by atoms with Crippen LogP contribution in [0.25, 0.3) is 0 Å². The lowest BCUT2D eigenvalue weighted by atomic mass is 9.99. The number of unbranched alkanes of at least 4 members (excludes halogenated alkanes) is 2. The van der Waals surface area contributed by atoms with Crippen LogP contribution in [0.3, 0.4) is 0 Å². The van der Waals surface area contributed by atoms with Gasteiger partial charge >= 0.3 is 0 Å². The topological polar surface area (TPSA) is 20.2 Å². The maximum absolute atomic E-state index is 9.14. The third kappa shape index (κ3) is 18.8. The van der Waals surface area contributed by atoms with E-state index in [-0.39, 0.29) is 0 Å². The molecule has 0 radical (unpaired) electrons. The van der Waals surface area contributed by atoms with Crippen molar-refractivity contribution in [2.24, 2.45) is 5.92 Å². The Balaban J connectivity index is 3.47. The quantitative estimate of drug-likeness (QED) is 0.230. The van der Waals surface area contributed by atoms with Gasteiger partial charge in [-0.1, -0.05) is 87.4 Å². The predicted octanol–water partition coefficient (Wildman–Crippen LogP) is 7.32. The Kier molecular flexibility index (Phi) is 19.6. The van der Waals surface area contributed by atoms with Crippen LogP contribution in [0.5, 0.6) is 0 Å². The van der Waals surface area contributed by atoms with E-state index in [1.807, 2.05) is 0 Å². The lowest BCUT2D eigenvalue weighted by molar-refractivity contribution is 0.212. The molecule has 0 aliphatic rings. The normalized spacial score (nSPS) is 14.2. The van der Waals surface area contributed by atoms with E-state index in [1.54, 1.807) is 0 Å². The Bertz CT molecular complexity index is 394. The first-order valence-corrected chi connectivity index (χ1v) is 10.2. The van der Waals surface area contributed by atoms with Gasteiger partial charge in [0, 0.05) is 6.61 Å². The number of allylic oxidation sites excluding steroid dienone is 10. The van der Waals surface area contributed by atoms with Gasteiger partial charge in [-0.3, -0.25) is 0 Å². The van der Waals surface area contributed by atoms with E-state index in [0.29, 0.717) is 12.5 Å². The summed E-state index contributed by atoms with van der Waals surface area (Å²) in [6.45, 7) is 4.66. The molecule has 1 N–H and O–H groups in total. The molecule has 1 atom stereocenters. The SMILES string of the molecule is CC/C=C\C/C=C\C/C=C\C/C=C\C/C=C\CCCCC(CC)CO. The lowest BCUT2D eigenvalue weighted by Crippen LogP contribution is -2.03. The van der Waals surface area contributed by atoms with Gasteiger partial charge in [0.2, 0.25) is 0 Å². The fourth-order valence-corrected chi connectivity index (χ4v) is 2.49. The van der Waals surface area contributed by atoms with Crippen LogP contribution in [0.2, 0.25) is 0 Å². The molecule has 0 aliphatic heterocycles. The zero-order valence-corrected chi connectivity index (χ0v) is 16.6. The molecule has 0 saturated carbocycles. The van der Waals surface area contributed by atoms with E-state index in [0.717, 1.165) is 51.4 Å². The molecule has 0 fully saturated rings. The van der Waals surface area contributed by atoms with Gasteiger partial charge in [-0.2, -0.15) is 0 Å². The van der Waals surface area contributed by atoms with E-state index in [2.05, 4.69) is 74.6 Å². The van der Waals surface area contributed by atoms with Crippen molar-refractivity contribution in [2.75, 3.05) is 6.61 Å². The van der Waals surface area contributed by atoms with Gasteiger partial charge in [0.1, 0.15) is 0 Å².